The lowest BCUT2D eigenvalue weighted by atomic mass is 10.1. The van der Waals surface area contributed by atoms with Crippen LogP contribution in [0.3, 0.4) is 0 Å². The van der Waals surface area contributed by atoms with Crippen LogP contribution in [0.15, 0.2) is 30.3 Å². The first-order valence-corrected chi connectivity index (χ1v) is 9.77. The zero-order chi connectivity index (χ0) is 20.0. The van der Waals surface area contributed by atoms with Gasteiger partial charge in [0.25, 0.3) is 10.1 Å². The predicted molar refractivity (Wildman–Crippen MR) is 94.8 cm³/mol. The maximum absolute atomic E-state index is 12.2. The van der Waals surface area contributed by atoms with Crippen LogP contribution < -0.4 is 5.32 Å². The van der Waals surface area contributed by atoms with Crippen molar-refractivity contribution >= 4 is 22.2 Å². The summed E-state index contributed by atoms with van der Waals surface area (Å²) in [6, 6.07) is 8.01. The SMILES string of the molecule is C[C@H](NC(=O)OCc1ccccc1)[C@@H](OS(C)(=O)=O)C(=O)OC(C)(C)C. The molecule has 0 unspecified atom stereocenters. The molecule has 9 heteroatoms. The van der Waals surface area contributed by atoms with E-state index in [0.717, 1.165) is 11.8 Å². The lowest BCUT2D eigenvalue weighted by Crippen LogP contribution is -2.49. The molecule has 2 atom stereocenters. The number of esters is 1. The summed E-state index contributed by atoms with van der Waals surface area (Å²) in [6.45, 7) is 6.35. The predicted octanol–water partition coefficient (Wildman–Crippen LogP) is 1.99. The molecule has 0 aliphatic rings. The second-order valence-corrected chi connectivity index (χ2v) is 8.35. The average molecular weight is 387 g/mol. The van der Waals surface area contributed by atoms with Crippen LogP contribution in [-0.2, 0) is 35.2 Å². The third-order valence-electron chi connectivity index (χ3n) is 2.93. The monoisotopic (exact) mass is 387 g/mol. The van der Waals surface area contributed by atoms with Gasteiger partial charge in [0.1, 0.15) is 12.2 Å². The molecule has 26 heavy (non-hydrogen) atoms. The molecule has 0 saturated heterocycles. The summed E-state index contributed by atoms with van der Waals surface area (Å²) in [4.78, 5) is 24.1. The largest absolute Gasteiger partial charge is 0.458 e. The van der Waals surface area contributed by atoms with Gasteiger partial charge in [0.2, 0.25) is 0 Å². The van der Waals surface area contributed by atoms with E-state index >= 15 is 0 Å². The molecule has 0 radical (unpaired) electrons. The standard InChI is InChI=1S/C17H25NO7S/c1-12(18-16(20)23-11-13-9-7-6-8-10-13)14(25-26(5,21)22)15(19)24-17(2,3)4/h6-10,12,14H,11H2,1-5H3,(H,18,20)/t12-,14+/m0/s1. The van der Waals surface area contributed by atoms with Crippen molar-refractivity contribution < 1.29 is 31.7 Å². The number of amides is 1. The molecule has 0 spiro atoms. The van der Waals surface area contributed by atoms with Gasteiger partial charge in [0.15, 0.2) is 6.10 Å². The lowest BCUT2D eigenvalue weighted by molar-refractivity contribution is -0.164. The summed E-state index contributed by atoms with van der Waals surface area (Å²) in [5.41, 5.74) is -0.0598. The summed E-state index contributed by atoms with van der Waals surface area (Å²) < 4.78 is 37.9. The van der Waals surface area contributed by atoms with Gasteiger partial charge in [-0.3, -0.25) is 4.18 Å². The van der Waals surface area contributed by atoms with E-state index < -0.39 is 39.9 Å². The fourth-order valence-electron chi connectivity index (χ4n) is 1.90. The summed E-state index contributed by atoms with van der Waals surface area (Å²) in [7, 11) is -3.95. The third-order valence-corrected chi connectivity index (χ3v) is 3.49. The van der Waals surface area contributed by atoms with Gasteiger partial charge >= 0.3 is 12.1 Å². The molecule has 146 valence electrons. The summed E-state index contributed by atoms with van der Waals surface area (Å²) in [6.07, 6.45) is -1.54. The first-order chi connectivity index (χ1) is 11.9. The van der Waals surface area contributed by atoms with E-state index in [4.69, 9.17) is 13.7 Å². The Hall–Kier alpha value is -2.13. The maximum Gasteiger partial charge on any atom is 0.407 e. The molecule has 8 nitrogen and oxygen atoms in total. The third kappa shape index (κ3) is 8.82. The molecule has 1 rings (SSSR count). The molecule has 1 N–H and O–H groups in total. The van der Waals surface area contributed by atoms with E-state index in [-0.39, 0.29) is 6.61 Å². The zero-order valence-corrected chi connectivity index (χ0v) is 16.3. The highest BCUT2D eigenvalue weighted by Gasteiger charge is 2.34. The first-order valence-electron chi connectivity index (χ1n) is 7.96. The van der Waals surface area contributed by atoms with E-state index in [1.807, 2.05) is 6.07 Å². The fourth-order valence-corrected chi connectivity index (χ4v) is 2.52. The Morgan fingerprint density at radius 3 is 2.23 bits per heavy atom. The number of rotatable bonds is 7. The van der Waals surface area contributed by atoms with E-state index in [1.165, 1.54) is 6.92 Å². The molecule has 1 aromatic rings. The molecule has 0 heterocycles. The van der Waals surface area contributed by atoms with Crippen LogP contribution in [0.1, 0.15) is 33.3 Å². The lowest BCUT2D eigenvalue weighted by Gasteiger charge is -2.26. The Morgan fingerprint density at radius 2 is 1.73 bits per heavy atom. The zero-order valence-electron chi connectivity index (χ0n) is 15.5. The highest BCUT2D eigenvalue weighted by atomic mass is 32.2. The van der Waals surface area contributed by atoms with E-state index in [1.54, 1.807) is 45.0 Å². The van der Waals surface area contributed by atoms with Crippen molar-refractivity contribution in [2.45, 2.75) is 52.0 Å². The Labute approximate surface area is 153 Å². The number of alkyl carbamates (subject to hydrolysis) is 1. The molecule has 0 aliphatic carbocycles. The molecule has 1 aromatic carbocycles. The first kappa shape index (κ1) is 21.9. The van der Waals surface area contributed by atoms with E-state index in [0.29, 0.717) is 0 Å². The van der Waals surface area contributed by atoms with Crippen molar-refractivity contribution in [1.29, 1.82) is 0 Å². The van der Waals surface area contributed by atoms with Crippen LogP contribution >= 0.6 is 0 Å². The normalized spacial score (nSPS) is 14.2. The van der Waals surface area contributed by atoms with Crippen LogP contribution in [0.5, 0.6) is 0 Å². The van der Waals surface area contributed by atoms with Crippen molar-refractivity contribution in [1.82, 2.24) is 5.32 Å². The molecule has 0 saturated carbocycles. The Balaban J connectivity index is 2.73. The number of ether oxygens (including phenoxy) is 2. The van der Waals surface area contributed by atoms with Crippen LogP contribution in [0.4, 0.5) is 4.79 Å². The van der Waals surface area contributed by atoms with Crippen LogP contribution in [0.2, 0.25) is 0 Å². The van der Waals surface area contributed by atoms with Gasteiger partial charge in [-0.1, -0.05) is 30.3 Å². The minimum Gasteiger partial charge on any atom is -0.458 e. The van der Waals surface area contributed by atoms with E-state index in [2.05, 4.69) is 5.32 Å². The smallest absolute Gasteiger partial charge is 0.407 e. The van der Waals surface area contributed by atoms with E-state index in [9.17, 15) is 18.0 Å². The highest BCUT2D eigenvalue weighted by molar-refractivity contribution is 7.86. The van der Waals surface area contributed by atoms with Gasteiger partial charge in [-0.05, 0) is 33.3 Å². The molecule has 0 aliphatic heterocycles. The van der Waals surface area contributed by atoms with Gasteiger partial charge in [0.05, 0.1) is 12.3 Å². The number of carbonyl (C=O) groups is 2. The number of nitrogens with one attached hydrogen (secondary N) is 1. The van der Waals surface area contributed by atoms with Gasteiger partial charge in [-0.15, -0.1) is 0 Å². The Kier molecular flexibility index (Phi) is 7.58. The maximum atomic E-state index is 12.2. The Morgan fingerprint density at radius 1 is 1.15 bits per heavy atom. The average Bonchev–Trinajstić information content (AvgIpc) is 2.49. The highest BCUT2D eigenvalue weighted by Crippen LogP contribution is 2.14. The van der Waals surface area contributed by atoms with Crippen molar-refractivity contribution in [3.63, 3.8) is 0 Å². The second kappa shape index (κ2) is 9.00. The second-order valence-electron chi connectivity index (χ2n) is 6.75. The quantitative estimate of drug-likeness (QED) is 0.563. The van der Waals surface area contributed by atoms with Crippen molar-refractivity contribution in [3.05, 3.63) is 35.9 Å². The minimum atomic E-state index is -3.95. The molecule has 0 aromatic heterocycles. The number of hydrogen-bond acceptors (Lipinski definition) is 7. The number of carbonyl (C=O) groups excluding carboxylic acids is 2. The van der Waals surface area contributed by atoms with Crippen LogP contribution in [-0.4, -0.2) is 44.5 Å². The summed E-state index contributed by atoms with van der Waals surface area (Å²) in [5.74, 6) is -0.904. The van der Waals surface area contributed by atoms with Crippen molar-refractivity contribution in [2.75, 3.05) is 6.26 Å². The number of hydrogen-bond donors (Lipinski definition) is 1. The minimum absolute atomic E-state index is 0.0312. The molecule has 0 fully saturated rings. The molecule has 0 bridgehead atoms. The summed E-state index contributed by atoms with van der Waals surface area (Å²) >= 11 is 0. The topological polar surface area (TPSA) is 108 Å². The van der Waals surface area contributed by atoms with Gasteiger partial charge in [-0.25, -0.2) is 9.59 Å². The van der Waals surface area contributed by atoms with Crippen LogP contribution in [0, 0.1) is 0 Å². The number of benzene rings is 1. The van der Waals surface area contributed by atoms with Crippen molar-refractivity contribution in [3.8, 4) is 0 Å². The fraction of sp³-hybridized carbons (Fsp3) is 0.529. The van der Waals surface area contributed by atoms with Gasteiger partial charge in [-0.2, -0.15) is 8.42 Å². The van der Waals surface area contributed by atoms with Crippen molar-refractivity contribution in [2.24, 2.45) is 0 Å². The van der Waals surface area contributed by atoms with Gasteiger partial charge < -0.3 is 14.8 Å². The van der Waals surface area contributed by atoms with Crippen LogP contribution in [0.25, 0.3) is 0 Å². The molecule has 1 amide bonds. The van der Waals surface area contributed by atoms with Gasteiger partial charge in [0, 0.05) is 0 Å². The molecular weight excluding hydrogens is 362 g/mol. The Bertz CT molecular complexity index is 710. The molecular formula is C17H25NO7S. The summed E-state index contributed by atoms with van der Waals surface area (Å²) in [5, 5.41) is 2.39.